The van der Waals surface area contributed by atoms with Gasteiger partial charge in [0.15, 0.2) is 0 Å². The number of aromatic nitrogens is 1. The average molecular weight is 204 g/mol. The van der Waals surface area contributed by atoms with Crippen molar-refractivity contribution < 1.29 is 0 Å². The maximum atomic E-state index is 7.55. The SMILES string of the molecule is Cc1cc(C)c(C(=N)N)c(NC2CC2)n1. The Labute approximate surface area is 89.4 Å². The fourth-order valence-electron chi connectivity index (χ4n) is 1.70. The quantitative estimate of drug-likeness (QED) is 0.516. The topological polar surface area (TPSA) is 74.8 Å². The third kappa shape index (κ3) is 2.09. The van der Waals surface area contributed by atoms with E-state index < -0.39 is 0 Å². The Kier molecular flexibility index (Phi) is 2.34. The van der Waals surface area contributed by atoms with Crippen molar-refractivity contribution in [2.24, 2.45) is 5.73 Å². The minimum atomic E-state index is 0.0863. The van der Waals surface area contributed by atoms with E-state index in [2.05, 4.69) is 10.3 Å². The molecule has 4 heteroatoms. The highest BCUT2D eigenvalue weighted by molar-refractivity contribution is 6.00. The number of anilines is 1. The van der Waals surface area contributed by atoms with Gasteiger partial charge >= 0.3 is 0 Å². The summed E-state index contributed by atoms with van der Waals surface area (Å²) in [6.45, 7) is 3.92. The Hall–Kier alpha value is -1.58. The van der Waals surface area contributed by atoms with E-state index in [0.29, 0.717) is 6.04 Å². The summed E-state index contributed by atoms with van der Waals surface area (Å²) in [7, 11) is 0. The monoisotopic (exact) mass is 204 g/mol. The van der Waals surface area contributed by atoms with Crippen molar-refractivity contribution >= 4 is 11.7 Å². The molecule has 1 aromatic rings. The molecule has 0 radical (unpaired) electrons. The van der Waals surface area contributed by atoms with Gasteiger partial charge in [-0.15, -0.1) is 0 Å². The van der Waals surface area contributed by atoms with Gasteiger partial charge < -0.3 is 11.1 Å². The zero-order valence-corrected chi connectivity index (χ0v) is 9.09. The molecule has 0 bridgehead atoms. The van der Waals surface area contributed by atoms with Crippen LogP contribution < -0.4 is 11.1 Å². The van der Waals surface area contributed by atoms with Gasteiger partial charge in [0.25, 0.3) is 0 Å². The molecule has 4 N–H and O–H groups in total. The highest BCUT2D eigenvalue weighted by Crippen LogP contribution is 2.27. The van der Waals surface area contributed by atoms with Crippen LogP contribution in [0, 0.1) is 19.3 Å². The molecule has 80 valence electrons. The van der Waals surface area contributed by atoms with Crippen molar-refractivity contribution in [2.75, 3.05) is 5.32 Å². The van der Waals surface area contributed by atoms with Gasteiger partial charge in [0.05, 0.1) is 5.56 Å². The predicted molar refractivity (Wildman–Crippen MR) is 61.4 cm³/mol. The van der Waals surface area contributed by atoms with Crippen LogP contribution in [0.25, 0.3) is 0 Å². The van der Waals surface area contributed by atoms with Crippen LogP contribution in [0.15, 0.2) is 6.07 Å². The molecule has 1 heterocycles. The zero-order chi connectivity index (χ0) is 11.0. The fraction of sp³-hybridized carbons (Fsp3) is 0.455. The second kappa shape index (κ2) is 3.53. The Morgan fingerprint density at radius 2 is 2.20 bits per heavy atom. The lowest BCUT2D eigenvalue weighted by Crippen LogP contribution is -2.18. The molecule has 0 atom stereocenters. The van der Waals surface area contributed by atoms with Crippen LogP contribution in [0.4, 0.5) is 5.82 Å². The van der Waals surface area contributed by atoms with Crippen molar-refractivity contribution in [3.05, 3.63) is 22.9 Å². The third-order valence-electron chi connectivity index (χ3n) is 2.53. The predicted octanol–water partition coefficient (Wildman–Crippen LogP) is 1.56. The Bertz CT molecular complexity index is 407. The van der Waals surface area contributed by atoms with Gasteiger partial charge in [0.2, 0.25) is 0 Å². The van der Waals surface area contributed by atoms with Gasteiger partial charge in [-0.05, 0) is 38.3 Å². The molecule has 0 amide bonds. The first-order valence-electron chi connectivity index (χ1n) is 5.17. The van der Waals surface area contributed by atoms with E-state index in [1.54, 1.807) is 0 Å². The molecule has 2 rings (SSSR count). The summed E-state index contributed by atoms with van der Waals surface area (Å²) < 4.78 is 0. The molecule has 1 aliphatic carbocycles. The van der Waals surface area contributed by atoms with Crippen LogP contribution in [0.1, 0.15) is 29.7 Å². The number of hydrogen-bond acceptors (Lipinski definition) is 3. The normalized spacial score (nSPS) is 15.1. The fourth-order valence-corrected chi connectivity index (χ4v) is 1.70. The van der Waals surface area contributed by atoms with Crippen molar-refractivity contribution in [1.29, 1.82) is 5.41 Å². The number of hydrogen-bond donors (Lipinski definition) is 3. The largest absolute Gasteiger partial charge is 0.384 e. The molecular formula is C11H16N4. The van der Waals surface area contributed by atoms with Gasteiger partial charge in [0.1, 0.15) is 11.7 Å². The summed E-state index contributed by atoms with van der Waals surface area (Å²) in [5.41, 5.74) is 8.28. The first-order chi connectivity index (χ1) is 7.08. The molecule has 0 aliphatic heterocycles. The number of rotatable bonds is 3. The summed E-state index contributed by atoms with van der Waals surface area (Å²) in [4.78, 5) is 4.40. The number of aryl methyl sites for hydroxylation is 2. The Morgan fingerprint density at radius 3 is 2.73 bits per heavy atom. The molecule has 0 aromatic carbocycles. The van der Waals surface area contributed by atoms with Crippen LogP contribution in [0.3, 0.4) is 0 Å². The van der Waals surface area contributed by atoms with E-state index >= 15 is 0 Å². The van der Waals surface area contributed by atoms with Crippen LogP contribution in [-0.2, 0) is 0 Å². The summed E-state index contributed by atoms with van der Waals surface area (Å²) in [6, 6.07) is 2.48. The molecular weight excluding hydrogens is 188 g/mol. The number of nitrogens with zero attached hydrogens (tertiary/aromatic N) is 1. The zero-order valence-electron chi connectivity index (χ0n) is 9.09. The summed E-state index contributed by atoms with van der Waals surface area (Å²) in [5, 5.41) is 10.9. The van der Waals surface area contributed by atoms with E-state index in [1.807, 2.05) is 19.9 Å². The minimum absolute atomic E-state index is 0.0863. The summed E-state index contributed by atoms with van der Waals surface area (Å²) in [5.74, 6) is 0.852. The van der Waals surface area contributed by atoms with E-state index in [4.69, 9.17) is 11.1 Å². The molecule has 0 saturated heterocycles. The number of nitrogens with one attached hydrogen (secondary N) is 2. The molecule has 1 saturated carbocycles. The van der Waals surface area contributed by atoms with Crippen LogP contribution >= 0.6 is 0 Å². The second-order valence-corrected chi connectivity index (χ2v) is 4.14. The highest BCUT2D eigenvalue weighted by Gasteiger charge is 2.23. The highest BCUT2D eigenvalue weighted by atomic mass is 15.0. The summed E-state index contributed by atoms with van der Waals surface area (Å²) >= 11 is 0. The van der Waals surface area contributed by atoms with Crippen LogP contribution in [0.2, 0.25) is 0 Å². The van der Waals surface area contributed by atoms with Gasteiger partial charge in [-0.3, -0.25) is 5.41 Å². The van der Waals surface area contributed by atoms with Crippen molar-refractivity contribution in [2.45, 2.75) is 32.7 Å². The number of nitrogen functional groups attached to an aromatic ring is 1. The number of nitrogens with two attached hydrogens (primary N) is 1. The van der Waals surface area contributed by atoms with Crippen LogP contribution in [-0.4, -0.2) is 16.9 Å². The third-order valence-corrected chi connectivity index (χ3v) is 2.53. The van der Waals surface area contributed by atoms with E-state index in [9.17, 15) is 0 Å². The van der Waals surface area contributed by atoms with Gasteiger partial charge in [-0.1, -0.05) is 0 Å². The minimum Gasteiger partial charge on any atom is -0.384 e. The lowest BCUT2D eigenvalue weighted by atomic mass is 10.1. The molecule has 1 aliphatic rings. The van der Waals surface area contributed by atoms with Gasteiger partial charge in [-0.25, -0.2) is 4.98 Å². The second-order valence-electron chi connectivity index (χ2n) is 4.14. The first-order valence-corrected chi connectivity index (χ1v) is 5.17. The molecule has 15 heavy (non-hydrogen) atoms. The molecule has 1 aromatic heterocycles. The van der Waals surface area contributed by atoms with Gasteiger partial charge in [0, 0.05) is 11.7 Å². The van der Waals surface area contributed by atoms with E-state index in [0.717, 1.165) is 22.6 Å². The van der Waals surface area contributed by atoms with Crippen molar-refractivity contribution in [3.8, 4) is 0 Å². The maximum Gasteiger partial charge on any atom is 0.137 e. The number of amidine groups is 1. The Balaban J connectivity index is 2.42. The van der Waals surface area contributed by atoms with Crippen molar-refractivity contribution in [1.82, 2.24) is 4.98 Å². The summed E-state index contributed by atoms with van der Waals surface area (Å²) in [6.07, 6.45) is 2.37. The average Bonchev–Trinajstić information content (AvgIpc) is 2.85. The smallest absolute Gasteiger partial charge is 0.137 e. The molecule has 0 unspecified atom stereocenters. The maximum absolute atomic E-state index is 7.55. The van der Waals surface area contributed by atoms with E-state index in [-0.39, 0.29) is 5.84 Å². The standard InChI is InChI=1S/C11H16N4/c1-6-5-7(2)14-11(9(6)10(12)13)15-8-3-4-8/h5,8H,3-4H2,1-2H3,(H3,12,13)(H,14,15). The van der Waals surface area contributed by atoms with Crippen molar-refractivity contribution in [3.63, 3.8) is 0 Å². The first kappa shape index (κ1) is 9.96. The van der Waals surface area contributed by atoms with E-state index in [1.165, 1.54) is 12.8 Å². The molecule has 0 spiro atoms. The molecule has 1 fully saturated rings. The van der Waals surface area contributed by atoms with Crippen LogP contribution in [0.5, 0.6) is 0 Å². The molecule has 4 nitrogen and oxygen atoms in total. The Morgan fingerprint density at radius 1 is 1.53 bits per heavy atom. The lowest BCUT2D eigenvalue weighted by Gasteiger charge is -2.12. The van der Waals surface area contributed by atoms with Gasteiger partial charge in [-0.2, -0.15) is 0 Å². The number of pyridine rings is 1. The lowest BCUT2D eigenvalue weighted by molar-refractivity contribution is 1.07.